The van der Waals surface area contributed by atoms with E-state index in [1.807, 2.05) is 19.9 Å². The Kier molecular flexibility index (Phi) is 2.27. The van der Waals surface area contributed by atoms with Crippen LogP contribution in [0.2, 0.25) is 0 Å². The monoisotopic (exact) mass is 168 g/mol. The van der Waals surface area contributed by atoms with Crippen LogP contribution in [-0.2, 0) is 4.79 Å². The van der Waals surface area contributed by atoms with Crippen molar-refractivity contribution in [3.63, 3.8) is 0 Å². The van der Waals surface area contributed by atoms with Gasteiger partial charge in [0.2, 0.25) is 0 Å². The molecule has 1 fully saturated rings. The van der Waals surface area contributed by atoms with E-state index in [0.717, 1.165) is 6.42 Å². The minimum Gasteiger partial charge on any atom is -0.481 e. The van der Waals surface area contributed by atoms with E-state index in [9.17, 15) is 4.79 Å². The van der Waals surface area contributed by atoms with Crippen LogP contribution in [0.3, 0.4) is 0 Å². The number of allylic oxidation sites excluding steroid dienone is 2. The molecule has 1 aliphatic carbocycles. The highest BCUT2D eigenvalue weighted by atomic mass is 16.4. The molecule has 0 bridgehead atoms. The van der Waals surface area contributed by atoms with Gasteiger partial charge < -0.3 is 5.11 Å². The maximum Gasteiger partial charge on any atom is 0.307 e. The van der Waals surface area contributed by atoms with Gasteiger partial charge in [-0.05, 0) is 17.8 Å². The van der Waals surface area contributed by atoms with Crippen molar-refractivity contribution in [2.75, 3.05) is 0 Å². The summed E-state index contributed by atoms with van der Waals surface area (Å²) in [4.78, 5) is 10.7. The molecule has 2 nitrogen and oxygen atoms in total. The molecule has 0 amide bonds. The summed E-state index contributed by atoms with van der Waals surface area (Å²) in [6.07, 6.45) is 5.08. The molecule has 0 spiro atoms. The fourth-order valence-electron chi connectivity index (χ4n) is 1.79. The SMILES string of the molecule is CC/C=C\[C@H]1[C@H](C(=O)O)C1(C)C. The second-order valence-corrected chi connectivity index (χ2v) is 4.00. The van der Waals surface area contributed by atoms with E-state index < -0.39 is 5.97 Å². The minimum atomic E-state index is -0.661. The van der Waals surface area contributed by atoms with E-state index in [0.29, 0.717) is 0 Å². The van der Waals surface area contributed by atoms with E-state index in [-0.39, 0.29) is 17.3 Å². The van der Waals surface area contributed by atoms with Crippen LogP contribution >= 0.6 is 0 Å². The first-order valence-electron chi connectivity index (χ1n) is 4.41. The lowest BCUT2D eigenvalue weighted by Gasteiger charge is -1.95. The van der Waals surface area contributed by atoms with Crippen molar-refractivity contribution in [1.82, 2.24) is 0 Å². The Labute approximate surface area is 73.3 Å². The second kappa shape index (κ2) is 2.92. The third-order valence-electron chi connectivity index (χ3n) is 2.76. The standard InChI is InChI=1S/C10H16O2/c1-4-5-6-7-8(9(11)12)10(7,2)3/h5-8H,4H2,1-3H3,(H,11,12)/b6-5-/t7-,8+/m0/s1. The number of carboxylic acid groups (broad SMARTS) is 1. The number of aliphatic carboxylic acids is 1. The van der Waals surface area contributed by atoms with Crippen molar-refractivity contribution < 1.29 is 9.90 Å². The minimum absolute atomic E-state index is 0.0303. The molecule has 0 saturated heterocycles. The number of hydrogen-bond donors (Lipinski definition) is 1. The van der Waals surface area contributed by atoms with Crippen molar-refractivity contribution in [1.29, 1.82) is 0 Å². The molecule has 1 saturated carbocycles. The molecule has 1 N–H and O–H groups in total. The zero-order chi connectivity index (χ0) is 9.35. The molecule has 0 unspecified atom stereocenters. The molecule has 2 heteroatoms. The highest BCUT2D eigenvalue weighted by Gasteiger charge is 2.60. The lowest BCUT2D eigenvalue weighted by atomic mass is 10.1. The fraction of sp³-hybridized carbons (Fsp3) is 0.700. The van der Waals surface area contributed by atoms with Crippen LogP contribution in [-0.4, -0.2) is 11.1 Å². The highest BCUT2D eigenvalue weighted by Crippen LogP contribution is 2.59. The van der Waals surface area contributed by atoms with Gasteiger partial charge in [-0.15, -0.1) is 0 Å². The van der Waals surface area contributed by atoms with Gasteiger partial charge >= 0.3 is 5.97 Å². The predicted molar refractivity (Wildman–Crippen MR) is 47.8 cm³/mol. The Morgan fingerprint density at radius 3 is 2.50 bits per heavy atom. The van der Waals surface area contributed by atoms with Crippen LogP contribution in [0.15, 0.2) is 12.2 Å². The molecule has 0 aromatic heterocycles. The topological polar surface area (TPSA) is 37.3 Å². The Morgan fingerprint density at radius 1 is 1.58 bits per heavy atom. The highest BCUT2D eigenvalue weighted by molar-refractivity contribution is 5.76. The number of carboxylic acids is 1. The summed E-state index contributed by atoms with van der Waals surface area (Å²) in [5.41, 5.74) is -0.0303. The van der Waals surface area contributed by atoms with E-state index in [1.165, 1.54) is 0 Å². The van der Waals surface area contributed by atoms with Crippen LogP contribution in [0.25, 0.3) is 0 Å². The Morgan fingerprint density at radius 2 is 2.17 bits per heavy atom. The van der Waals surface area contributed by atoms with Crippen LogP contribution in [0.5, 0.6) is 0 Å². The molecule has 2 atom stereocenters. The molecule has 1 rings (SSSR count). The van der Waals surface area contributed by atoms with E-state index in [4.69, 9.17) is 5.11 Å². The van der Waals surface area contributed by atoms with Gasteiger partial charge in [-0.1, -0.05) is 32.9 Å². The Bertz CT molecular complexity index is 216. The molecule has 0 aromatic carbocycles. The van der Waals surface area contributed by atoms with Crippen molar-refractivity contribution in [2.45, 2.75) is 27.2 Å². The van der Waals surface area contributed by atoms with Crippen LogP contribution in [0.1, 0.15) is 27.2 Å². The lowest BCUT2D eigenvalue weighted by Crippen LogP contribution is -2.02. The summed E-state index contributed by atoms with van der Waals surface area (Å²) < 4.78 is 0. The van der Waals surface area contributed by atoms with Crippen molar-refractivity contribution in [2.24, 2.45) is 17.3 Å². The van der Waals surface area contributed by atoms with Crippen molar-refractivity contribution >= 4 is 5.97 Å². The Balaban J connectivity index is 2.60. The molecule has 0 aromatic rings. The number of carbonyl (C=O) groups is 1. The molecule has 0 heterocycles. The van der Waals surface area contributed by atoms with Gasteiger partial charge in [0.05, 0.1) is 5.92 Å². The largest absolute Gasteiger partial charge is 0.481 e. The molecule has 0 radical (unpaired) electrons. The molecular weight excluding hydrogens is 152 g/mol. The molecule has 1 aliphatic rings. The average Bonchev–Trinajstić information content (AvgIpc) is 2.49. The first kappa shape index (κ1) is 9.30. The maximum absolute atomic E-state index is 10.7. The number of hydrogen-bond acceptors (Lipinski definition) is 1. The third kappa shape index (κ3) is 1.38. The molecule has 0 aliphatic heterocycles. The first-order chi connectivity index (χ1) is 5.51. The summed E-state index contributed by atoms with van der Waals surface area (Å²) in [6.45, 7) is 6.08. The maximum atomic E-state index is 10.7. The molecule has 68 valence electrons. The molecular formula is C10H16O2. The third-order valence-corrected chi connectivity index (χ3v) is 2.76. The summed E-state index contributed by atoms with van der Waals surface area (Å²) in [5.74, 6) is -0.582. The van der Waals surface area contributed by atoms with E-state index in [2.05, 4.69) is 13.0 Å². The van der Waals surface area contributed by atoms with Crippen molar-refractivity contribution in [3.8, 4) is 0 Å². The van der Waals surface area contributed by atoms with Crippen molar-refractivity contribution in [3.05, 3.63) is 12.2 Å². The van der Waals surface area contributed by atoms with Gasteiger partial charge in [-0.3, -0.25) is 4.79 Å². The average molecular weight is 168 g/mol. The lowest BCUT2D eigenvalue weighted by molar-refractivity contribution is -0.139. The number of rotatable bonds is 3. The summed E-state index contributed by atoms with van der Waals surface area (Å²) >= 11 is 0. The zero-order valence-electron chi connectivity index (χ0n) is 7.87. The first-order valence-corrected chi connectivity index (χ1v) is 4.41. The van der Waals surface area contributed by atoms with Crippen LogP contribution < -0.4 is 0 Å². The second-order valence-electron chi connectivity index (χ2n) is 4.00. The van der Waals surface area contributed by atoms with Gasteiger partial charge in [-0.2, -0.15) is 0 Å². The fourth-order valence-corrected chi connectivity index (χ4v) is 1.79. The van der Waals surface area contributed by atoms with Crippen LogP contribution in [0, 0.1) is 17.3 Å². The summed E-state index contributed by atoms with van der Waals surface area (Å²) in [7, 11) is 0. The zero-order valence-corrected chi connectivity index (χ0v) is 7.87. The van der Waals surface area contributed by atoms with Gasteiger partial charge in [0.25, 0.3) is 0 Å². The summed E-state index contributed by atoms with van der Waals surface area (Å²) in [5, 5.41) is 8.82. The molecule has 12 heavy (non-hydrogen) atoms. The van der Waals surface area contributed by atoms with E-state index in [1.54, 1.807) is 0 Å². The van der Waals surface area contributed by atoms with Gasteiger partial charge in [0.1, 0.15) is 0 Å². The van der Waals surface area contributed by atoms with Gasteiger partial charge in [0.15, 0.2) is 0 Å². The normalized spacial score (nSPS) is 32.2. The van der Waals surface area contributed by atoms with Crippen LogP contribution in [0.4, 0.5) is 0 Å². The Hall–Kier alpha value is -0.790. The predicted octanol–water partition coefficient (Wildman–Crippen LogP) is 2.31. The summed E-state index contributed by atoms with van der Waals surface area (Å²) in [6, 6.07) is 0. The van der Waals surface area contributed by atoms with Gasteiger partial charge in [-0.25, -0.2) is 0 Å². The quantitative estimate of drug-likeness (QED) is 0.656. The smallest absolute Gasteiger partial charge is 0.307 e. The van der Waals surface area contributed by atoms with E-state index >= 15 is 0 Å². The van der Waals surface area contributed by atoms with Gasteiger partial charge in [0, 0.05) is 0 Å².